The number of carbonyl (C=O) groups is 2. The summed E-state index contributed by atoms with van der Waals surface area (Å²) in [7, 11) is 3.26. The zero-order valence-corrected chi connectivity index (χ0v) is 21.4. The Morgan fingerprint density at radius 2 is 1.64 bits per heavy atom. The summed E-state index contributed by atoms with van der Waals surface area (Å²) in [6.07, 6.45) is 6.66. The van der Waals surface area contributed by atoms with E-state index in [1.165, 1.54) is 12.8 Å². The molecule has 2 aliphatic rings. The topological polar surface area (TPSA) is 72.8 Å². The molecule has 1 aliphatic heterocycles. The van der Waals surface area contributed by atoms with E-state index in [0.717, 1.165) is 53.6 Å². The molecule has 1 N–H and O–H groups in total. The zero-order valence-electron chi connectivity index (χ0n) is 21.4. The minimum Gasteiger partial charge on any atom is -0.497 e. The van der Waals surface area contributed by atoms with Crippen LogP contribution in [0.2, 0.25) is 0 Å². The van der Waals surface area contributed by atoms with Gasteiger partial charge in [0.15, 0.2) is 0 Å². The molecule has 1 fully saturated rings. The van der Waals surface area contributed by atoms with E-state index in [1.54, 1.807) is 19.1 Å². The molecule has 0 saturated heterocycles. The fourth-order valence-electron chi connectivity index (χ4n) is 5.58. The summed E-state index contributed by atoms with van der Waals surface area (Å²) in [6.45, 7) is 2.61. The second kappa shape index (κ2) is 9.88. The maximum absolute atomic E-state index is 14.0. The Balaban J connectivity index is 1.54. The van der Waals surface area contributed by atoms with Crippen molar-refractivity contribution in [2.45, 2.75) is 70.1 Å². The van der Waals surface area contributed by atoms with Gasteiger partial charge in [-0.2, -0.15) is 0 Å². The molecule has 0 radical (unpaired) electrons. The molecule has 0 spiro atoms. The fraction of sp³-hybridized carbons (Fsp3) is 0.448. The van der Waals surface area contributed by atoms with E-state index in [9.17, 15) is 9.59 Å². The number of nitrogens with one attached hydrogen (secondary N) is 1. The number of rotatable bonds is 6. The number of amides is 2. The first-order valence-corrected chi connectivity index (χ1v) is 12.9. The molecule has 1 aromatic heterocycles. The molecule has 2 heterocycles. The standard InChI is InChI=1S/C29H35N3O4/c1-29(28(34)30-22-8-6-4-5-7-9-22)19-31-25-17-24(36-3)15-12-21(25)16-26(31)27(33)32(29)18-20-10-13-23(35-2)14-11-20/h10-17,22H,4-9,18-19H2,1-3H3,(H,30,34). The van der Waals surface area contributed by atoms with Gasteiger partial charge in [0.1, 0.15) is 22.7 Å². The molecule has 1 saturated carbocycles. The second-order valence-corrected chi connectivity index (χ2v) is 10.2. The Kier molecular flexibility index (Phi) is 6.65. The van der Waals surface area contributed by atoms with E-state index < -0.39 is 5.54 Å². The molecule has 190 valence electrons. The summed E-state index contributed by atoms with van der Waals surface area (Å²) in [6, 6.07) is 15.5. The first-order valence-electron chi connectivity index (χ1n) is 12.9. The fourth-order valence-corrected chi connectivity index (χ4v) is 5.58. The normalized spacial score (nSPS) is 20.6. The van der Waals surface area contributed by atoms with E-state index in [1.807, 2.05) is 60.0 Å². The monoisotopic (exact) mass is 489 g/mol. The minimum atomic E-state index is -1.05. The van der Waals surface area contributed by atoms with E-state index in [-0.39, 0.29) is 17.9 Å². The summed E-state index contributed by atoms with van der Waals surface area (Å²) in [5.41, 5.74) is 1.39. The van der Waals surface area contributed by atoms with Crippen molar-refractivity contribution < 1.29 is 19.1 Å². The van der Waals surface area contributed by atoms with Crippen molar-refractivity contribution in [3.05, 3.63) is 59.8 Å². The van der Waals surface area contributed by atoms with Crippen LogP contribution in [-0.2, 0) is 17.9 Å². The van der Waals surface area contributed by atoms with Crippen LogP contribution in [0.15, 0.2) is 48.5 Å². The predicted octanol–water partition coefficient (Wildman–Crippen LogP) is 4.91. The van der Waals surface area contributed by atoms with Crippen LogP contribution in [0, 0.1) is 0 Å². The molecule has 3 aromatic rings. The van der Waals surface area contributed by atoms with Crippen molar-refractivity contribution in [3.63, 3.8) is 0 Å². The molecular weight excluding hydrogens is 454 g/mol. The van der Waals surface area contributed by atoms with Crippen LogP contribution < -0.4 is 14.8 Å². The molecule has 36 heavy (non-hydrogen) atoms. The molecule has 2 aromatic carbocycles. The average Bonchev–Trinajstić information content (AvgIpc) is 3.05. The van der Waals surface area contributed by atoms with Gasteiger partial charge in [-0.05, 0) is 55.7 Å². The maximum atomic E-state index is 14.0. The maximum Gasteiger partial charge on any atom is 0.271 e. The number of aromatic nitrogens is 1. The van der Waals surface area contributed by atoms with Crippen LogP contribution in [-0.4, -0.2) is 47.1 Å². The highest BCUT2D eigenvalue weighted by Gasteiger charge is 2.48. The third-order valence-corrected chi connectivity index (χ3v) is 7.82. The van der Waals surface area contributed by atoms with Crippen LogP contribution >= 0.6 is 0 Å². The predicted molar refractivity (Wildman–Crippen MR) is 139 cm³/mol. The second-order valence-electron chi connectivity index (χ2n) is 10.2. The van der Waals surface area contributed by atoms with Crippen LogP contribution in [0.1, 0.15) is 61.5 Å². The number of hydrogen-bond donors (Lipinski definition) is 1. The van der Waals surface area contributed by atoms with Gasteiger partial charge < -0.3 is 24.3 Å². The van der Waals surface area contributed by atoms with Gasteiger partial charge in [0.2, 0.25) is 5.91 Å². The molecule has 1 aliphatic carbocycles. The Morgan fingerprint density at radius 1 is 0.972 bits per heavy atom. The number of carbonyl (C=O) groups excluding carboxylic acids is 2. The van der Waals surface area contributed by atoms with Crippen LogP contribution in [0.25, 0.3) is 10.9 Å². The van der Waals surface area contributed by atoms with Crippen molar-refractivity contribution in [2.75, 3.05) is 14.2 Å². The van der Waals surface area contributed by atoms with Gasteiger partial charge in [0.05, 0.1) is 26.3 Å². The number of methoxy groups -OCH3 is 2. The summed E-state index contributed by atoms with van der Waals surface area (Å²) in [4.78, 5) is 29.7. The minimum absolute atomic E-state index is 0.0911. The molecule has 7 heteroatoms. The lowest BCUT2D eigenvalue weighted by Crippen LogP contribution is -2.64. The third kappa shape index (κ3) is 4.43. The van der Waals surface area contributed by atoms with Gasteiger partial charge >= 0.3 is 0 Å². The highest BCUT2D eigenvalue weighted by molar-refractivity contribution is 6.03. The summed E-state index contributed by atoms with van der Waals surface area (Å²) in [5.74, 6) is 1.24. The summed E-state index contributed by atoms with van der Waals surface area (Å²) >= 11 is 0. The molecule has 7 nitrogen and oxygen atoms in total. The van der Waals surface area contributed by atoms with Gasteiger partial charge in [-0.15, -0.1) is 0 Å². The molecule has 1 atom stereocenters. The summed E-state index contributed by atoms with van der Waals surface area (Å²) in [5, 5.41) is 4.28. The molecular formula is C29H35N3O4. The lowest BCUT2D eigenvalue weighted by Gasteiger charge is -2.44. The molecule has 0 bridgehead atoms. The molecule has 2 amide bonds. The number of ether oxygens (including phenoxy) is 2. The van der Waals surface area contributed by atoms with Crippen LogP contribution in [0.5, 0.6) is 11.5 Å². The highest BCUT2D eigenvalue weighted by Crippen LogP contribution is 2.35. The van der Waals surface area contributed by atoms with Gasteiger partial charge in [0.25, 0.3) is 5.91 Å². The van der Waals surface area contributed by atoms with Crippen molar-refractivity contribution in [1.29, 1.82) is 0 Å². The summed E-state index contributed by atoms with van der Waals surface area (Å²) < 4.78 is 12.7. The van der Waals surface area contributed by atoms with Gasteiger partial charge in [-0.3, -0.25) is 9.59 Å². The van der Waals surface area contributed by atoms with Crippen molar-refractivity contribution in [1.82, 2.24) is 14.8 Å². The Bertz CT molecular complexity index is 1260. The number of fused-ring (bicyclic) bond motifs is 3. The molecule has 5 rings (SSSR count). The number of nitrogens with zero attached hydrogens (tertiary/aromatic N) is 2. The largest absolute Gasteiger partial charge is 0.497 e. The van der Waals surface area contributed by atoms with E-state index in [2.05, 4.69) is 5.32 Å². The van der Waals surface area contributed by atoms with Crippen molar-refractivity contribution >= 4 is 22.7 Å². The van der Waals surface area contributed by atoms with E-state index >= 15 is 0 Å². The number of hydrogen-bond acceptors (Lipinski definition) is 4. The highest BCUT2D eigenvalue weighted by atomic mass is 16.5. The SMILES string of the molecule is COc1ccc(CN2C(=O)c3cc4ccc(OC)cc4n3CC2(C)C(=O)NC2CCCCCC2)cc1. The Morgan fingerprint density at radius 3 is 2.31 bits per heavy atom. The van der Waals surface area contributed by atoms with Crippen LogP contribution in [0.3, 0.4) is 0 Å². The molecule has 1 unspecified atom stereocenters. The van der Waals surface area contributed by atoms with Gasteiger partial charge in [-0.25, -0.2) is 0 Å². The van der Waals surface area contributed by atoms with E-state index in [0.29, 0.717) is 18.8 Å². The van der Waals surface area contributed by atoms with Crippen LogP contribution in [0.4, 0.5) is 0 Å². The Hall–Kier alpha value is -3.48. The first-order chi connectivity index (χ1) is 17.4. The van der Waals surface area contributed by atoms with Gasteiger partial charge in [0, 0.05) is 24.0 Å². The lowest BCUT2D eigenvalue weighted by molar-refractivity contribution is -0.134. The van der Waals surface area contributed by atoms with E-state index in [4.69, 9.17) is 9.47 Å². The Labute approximate surface area is 212 Å². The smallest absolute Gasteiger partial charge is 0.271 e. The van der Waals surface area contributed by atoms with Crippen molar-refractivity contribution in [3.8, 4) is 11.5 Å². The third-order valence-electron chi connectivity index (χ3n) is 7.82. The zero-order chi connectivity index (χ0) is 25.3. The first kappa shape index (κ1) is 24.2. The quantitative estimate of drug-likeness (QED) is 0.499. The lowest BCUT2D eigenvalue weighted by atomic mass is 9.93. The average molecular weight is 490 g/mol. The number of benzene rings is 2. The van der Waals surface area contributed by atoms with Crippen molar-refractivity contribution in [2.24, 2.45) is 0 Å². The van der Waals surface area contributed by atoms with Gasteiger partial charge in [-0.1, -0.05) is 37.8 Å².